The lowest BCUT2D eigenvalue weighted by atomic mass is 10.1. The number of hydrogen-bond donors (Lipinski definition) is 2. The van der Waals surface area contributed by atoms with Crippen molar-refractivity contribution in [2.75, 3.05) is 18.2 Å². The fourth-order valence-electron chi connectivity index (χ4n) is 1.65. The number of carbonyl (C=O) groups is 2. The van der Waals surface area contributed by atoms with E-state index in [0.29, 0.717) is 23.4 Å². The summed E-state index contributed by atoms with van der Waals surface area (Å²) in [5.74, 6) is -0.533. The molecule has 1 aromatic carbocycles. The maximum absolute atomic E-state index is 11.5. The van der Waals surface area contributed by atoms with Crippen LogP contribution in [0.5, 0.6) is 0 Å². The third-order valence-electron chi connectivity index (χ3n) is 2.53. The minimum absolute atomic E-state index is 0.0851. The zero-order valence-electron chi connectivity index (χ0n) is 10.9. The highest BCUT2D eigenvalue weighted by Gasteiger charge is 2.13. The van der Waals surface area contributed by atoms with Gasteiger partial charge in [0.25, 0.3) is 0 Å². The molecule has 18 heavy (non-hydrogen) atoms. The van der Waals surface area contributed by atoms with Gasteiger partial charge >= 0.3 is 5.97 Å². The van der Waals surface area contributed by atoms with Crippen LogP contribution in [0.1, 0.15) is 35.7 Å². The van der Waals surface area contributed by atoms with E-state index in [1.807, 2.05) is 6.92 Å². The molecule has 98 valence electrons. The summed E-state index contributed by atoms with van der Waals surface area (Å²) < 4.78 is 4.62. The Bertz CT molecular complexity index is 446. The molecule has 3 N–H and O–H groups in total. The first-order valence-electron chi connectivity index (χ1n) is 5.77. The first-order chi connectivity index (χ1) is 8.49. The number of nitrogens with one attached hydrogen (secondary N) is 1. The Labute approximate surface area is 106 Å². The predicted octanol–water partition coefficient (Wildman–Crippen LogP) is 2.10. The molecule has 0 aromatic heterocycles. The molecule has 0 unspecified atom stereocenters. The topological polar surface area (TPSA) is 81.4 Å². The Balaban J connectivity index is 3.01. The van der Waals surface area contributed by atoms with Gasteiger partial charge in [-0.1, -0.05) is 6.92 Å². The Hall–Kier alpha value is -2.04. The highest BCUT2D eigenvalue weighted by molar-refractivity contribution is 5.98. The quantitative estimate of drug-likeness (QED) is 0.633. The number of hydrogen-bond acceptors (Lipinski definition) is 4. The molecule has 0 aliphatic rings. The number of benzene rings is 1. The molecular formula is C13H18N2O3. The average molecular weight is 250 g/mol. The van der Waals surface area contributed by atoms with Crippen molar-refractivity contribution in [2.24, 2.45) is 0 Å². The Morgan fingerprint density at radius 2 is 2.06 bits per heavy atom. The summed E-state index contributed by atoms with van der Waals surface area (Å²) in [5.41, 5.74) is 7.87. The summed E-state index contributed by atoms with van der Waals surface area (Å²) in [6, 6.07) is 3.14. The van der Waals surface area contributed by atoms with E-state index < -0.39 is 5.97 Å². The van der Waals surface area contributed by atoms with E-state index in [2.05, 4.69) is 10.1 Å². The lowest BCUT2D eigenvalue weighted by Crippen LogP contribution is -2.14. The lowest BCUT2D eigenvalue weighted by molar-refractivity contribution is -0.116. The van der Waals surface area contributed by atoms with Crippen molar-refractivity contribution in [3.63, 3.8) is 0 Å². The van der Waals surface area contributed by atoms with E-state index in [-0.39, 0.29) is 5.91 Å². The second kappa shape index (κ2) is 6.05. The number of rotatable bonds is 4. The van der Waals surface area contributed by atoms with Crippen molar-refractivity contribution >= 4 is 23.3 Å². The third-order valence-corrected chi connectivity index (χ3v) is 2.53. The number of aryl methyl sites for hydroxylation is 1. The van der Waals surface area contributed by atoms with Crippen molar-refractivity contribution in [2.45, 2.75) is 26.7 Å². The van der Waals surface area contributed by atoms with E-state index in [1.54, 1.807) is 13.0 Å². The number of nitrogen functional groups attached to an aromatic ring is 1. The van der Waals surface area contributed by atoms with Crippen molar-refractivity contribution < 1.29 is 14.3 Å². The second-order valence-electron chi connectivity index (χ2n) is 4.05. The molecule has 0 atom stereocenters. The maximum Gasteiger partial charge on any atom is 0.337 e. The zero-order chi connectivity index (χ0) is 13.7. The van der Waals surface area contributed by atoms with Crippen LogP contribution in [0.4, 0.5) is 11.4 Å². The molecule has 1 rings (SSSR count). The van der Waals surface area contributed by atoms with Gasteiger partial charge in [0.1, 0.15) is 0 Å². The van der Waals surface area contributed by atoms with Crippen molar-refractivity contribution in [1.82, 2.24) is 0 Å². The van der Waals surface area contributed by atoms with Crippen molar-refractivity contribution in [3.8, 4) is 0 Å². The van der Waals surface area contributed by atoms with Crippen molar-refractivity contribution in [3.05, 3.63) is 23.3 Å². The first-order valence-corrected chi connectivity index (χ1v) is 5.77. The van der Waals surface area contributed by atoms with Crippen LogP contribution >= 0.6 is 0 Å². The van der Waals surface area contributed by atoms with Crippen LogP contribution in [0.25, 0.3) is 0 Å². The standard InChI is InChI=1S/C13H18N2O3/c1-4-5-11(16)15-12-8(2)6-9(7-10(12)14)13(17)18-3/h6-7H,4-5,14H2,1-3H3,(H,15,16). The van der Waals surface area contributed by atoms with Gasteiger partial charge in [0.15, 0.2) is 0 Å². The van der Waals surface area contributed by atoms with E-state index in [0.717, 1.165) is 12.0 Å². The second-order valence-corrected chi connectivity index (χ2v) is 4.05. The molecule has 0 saturated carbocycles. The fourth-order valence-corrected chi connectivity index (χ4v) is 1.65. The van der Waals surface area contributed by atoms with Gasteiger partial charge in [0.05, 0.1) is 24.0 Å². The summed E-state index contributed by atoms with van der Waals surface area (Å²) in [5, 5.41) is 2.75. The summed E-state index contributed by atoms with van der Waals surface area (Å²) in [6.07, 6.45) is 1.21. The largest absolute Gasteiger partial charge is 0.465 e. The number of esters is 1. The summed E-state index contributed by atoms with van der Waals surface area (Å²) in [7, 11) is 1.31. The van der Waals surface area contributed by atoms with Crippen LogP contribution in [0.2, 0.25) is 0 Å². The fraction of sp³-hybridized carbons (Fsp3) is 0.385. The van der Waals surface area contributed by atoms with Crippen molar-refractivity contribution in [1.29, 1.82) is 0 Å². The molecule has 0 saturated heterocycles. The monoisotopic (exact) mass is 250 g/mol. The number of amides is 1. The average Bonchev–Trinajstić information content (AvgIpc) is 2.32. The molecule has 0 heterocycles. The molecule has 0 bridgehead atoms. The van der Waals surface area contributed by atoms with Crippen LogP contribution in [0.3, 0.4) is 0 Å². The highest BCUT2D eigenvalue weighted by Crippen LogP contribution is 2.25. The van der Waals surface area contributed by atoms with Crippen LogP contribution in [-0.2, 0) is 9.53 Å². The molecular weight excluding hydrogens is 232 g/mol. The van der Waals surface area contributed by atoms with Gasteiger partial charge in [0.2, 0.25) is 5.91 Å². The Morgan fingerprint density at radius 3 is 2.56 bits per heavy atom. The molecule has 0 aliphatic heterocycles. The molecule has 1 amide bonds. The highest BCUT2D eigenvalue weighted by atomic mass is 16.5. The third kappa shape index (κ3) is 3.23. The van der Waals surface area contributed by atoms with E-state index >= 15 is 0 Å². The predicted molar refractivity (Wildman–Crippen MR) is 70.5 cm³/mol. The van der Waals surface area contributed by atoms with Crippen LogP contribution in [0, 0.1) is 6.92 Å². The van der Waals surface area contributed by atoms with E-state index in [1.165, 1.54) is 13.2 Å². The molecule has 0 spiro atoms. The molecule has 0 aliphatic carbocycles. The first kappa shape index (κ1) is 14.0. The van der Waals surface area contributed by atoms with Gasteiger partial charge in [-0.15, -0.1) is 0 Å². The molecule has 0 fully saturated rings. The number of nitrogens with two attached hydrogens (primary N) is 1. The minimum Gasteiger partial charge on any atom is -0.465 e. The minimum atomic E-state index is -0.448. The van der Waals surface area contributed by atoms with Gasteiger partial charge in [-0.25, -0.2) is 4.79 Å². The van der Waals surface area contributed by atoms with Crippen LogP contribution in [0.15, 0.2) is 12.1 Å². The number of anilines is 2. The van der Waals surface area contributed by atoms with Gasteiger partial charge in [-0.2, -0.15) is 0 Å². The van der Waals surface area contributed by atoms with Gasteiger partial charge in [-0.05, 0) is 31.0 Å². The molecule has 5 heteroatoms. The lowest BCUT2D eigenvalue weighted by Gasteiger charge is -2.12. The SMILES string of the molecule is CCCC(=O)Nc1c(C)cc(C(=O)OC)cc1N. The summed E-state index contributed by atoms with van der Waals surface area (Å²) in [6.45, 7) is 3.71. The van der Waals surface area contributed by atoms with Crippen LogP contribution < -0.4 is 11.1 Å². The van der Waals surface area contributed by atoms with Gasteiger partial charge in [0, 0.05) is 6.42 Å². The Morgan fingerprint density at radius 1 is 1.39 bits per heavy atom. The molecule has 0 radical (unpaired) electrons. The zero-order valence-corrected chi connectivity index (χ0v) is 10.9. The van der Waals surface area contributed by atoms with Crippen LogP contribution in [-0.4, -0.2) is 19.0 Å². The van der Waals surface area contributed by atoms with E-state index in [4.69, 9.17) is 5.73 Å². The van der Waals surface area contributed by atoms with Gasteiger partial charge in [-0.3, -0.25) is 4.79 Å². The smallest absolute Gasteiger partial charge is 0.337 e. The van der Waals surface area contributed by atoms with Gasteiger partial charge < -0.3 is 15.8 Å². The Kier molecular flexibility index (Phi) is 4.71. The maximum atomic E-state index is 11.5. The number of ether oxygens (including phenoxy) is 1. The number of carbonyl (C=O) groups excluding carboxylic acids is 2. The number of methoxy groups -OCH3 is 1. The normalized spacial score (nSPS) is 9.94. The summed E-state index contributed by atoms with van der Waals surface area (Å²) >= 11 is 0. The molecule has 1 aromatic rings. The molecule has 5 nitrogen and oxygen atoms in total. The summed E-state index contributed by atoms with van der Waals surface area (Å²) in [4.78, 5) is 22.9. The van der Waals surface area contributed by atoms with E-state index in [9.17, 15) is 9.59 Å².